The maximum atomic E-state index is 11.0. The molecule has 0 amide bonds. The first-order valence-electron chi connectivity index (χ1n) is 5.78. The van der Waals surface area contributed by atoms with E-state index in [0.717, 1.165) is 6.42 Å². The zero-order valence-electron chi connectivity index (χ0n) is 8.93. The summed E-state index contributed by atoms with van der Waals surface area (Å²) in [4.78, 5) is 11.0. The van der Waals surface area contributed by atoms with Crippen LogP contribution in [0, 0.1) is 23.7 Å². The normalized spacial score (nSPS) is 45.5. The van der Waals surface area contributed by atoms with E-state index in [1.807, 2.05) is 0 Å². The molecule has 1 fully saturated rings. The zero-order chi connectivity index (χ0) is 10.4. The largest absolute Gasteiger partial charge is 0.462 e. The number of fused-ring (bicyclic) bond motifs is 5. The molecule has 0 N–H and O–H groups in total. The molecule has 5 atom stereocenters. The molecule has 15 heavy (non-hydrogen) atoms. The van der Waals surface area contributed by atoms with Crippen LogP contribution >= 0.6 is 0 Å². The first-order chi connectivity index (χ1) is 7.25. The Morgan fingerprint density at radius 3 is 2.87 bits per heavy atom. The van der Waals surface area contributed by atoms with Crippen molar-refractivity contribution < 1.29 is 9.53 Å². The van der Waals surface area contributed by atoms with Crippen LogP contribution in [0.15, 0.2) is 24.3 Å². The second-order valence-electron chi connectivity index (χ2n) is 4.91. The third-order valence-corrected chi connectivity index (χ3v) is 4.06. The van der Waals surface area contributed by atoms with Crippen molar-refractivity contribution >= 4 is 5.97 Å². The van der Waals surface area contributed by atoms with Gasteiger partial charge in [-0.1, -0.05) is 24.3 Å². The van der Waals surface area contributed by atoms with E-state index in [9.17, 15) is 4.79 Å². The van der Waals surface area contributed by atoms with Crippen molar-refractivity contribution in [3.63, 3.8) is 0 Å². The van der Waals surface area contributed by atoms with Crippen LogP contribution in [0.4, 0.5) is 0 Å². The van der Waals surface area contributed by atoms with E-state index in [0.29, 0.717) is 23.7 Å². The molecule has 3 aliphatic carbocycles. The van der Waals surface area contributed by atoms with Crippen molar-refractivity contribution in [1.29, 1.82) is 0 Å². The lowest BCUT2D eigenvalue weighted by Crippen LogP contribution is -2.35. The van der Waals surface area contributed by atoms with Gasteiger partial charge in [-0.15, -0.1) is 0 Å². The third kappa shape index (κ3) is 1.35. The molecule has 0 saturated heterocycles. The molecule has 80 valence electrons. The Bertz CT molecular complexity index is 342. The maximum Gasteiger partial charge on any atom is 0.302 e. The minimum Gasteiger partial charge on any atom is -0.462 e. The number of hydrogen-bond acceptors (Lipinski definition) is 2. The molecule has 1 unspecified atom stereocenters. The minimum absolute atomic E-state index is 0.123. The summed E-state index contributed by atoms with van der Waals surface area (Å²) in [6.45, 7) is 1.51. The van der Waals surface area contributed by atoms with Crippen LogP contribution in [0.2, 0.25) is 0 Å². The number of rotatable bonds is 1. The number of allylic oxidation sites excluding steroid dienone is 3. The highest BCUT2D eigenvalue weighted by molar-refractivity contribution is 5.66. The highest BCUT2D eigenvalue weighted by Crippen LogP contribution is 2.52. The molecular formula is C13H16O2. The van der Waals surface area contributed by atoms with Crippen LogP contribution in [-0.2, 0) is 9.53 Å². The summed E-state index contributed by atoms with van der Waals surface area (Å²) in [5, 5.41) is 0. The smallest absolute Gasteiger partial charge is 0.302 e. The van der Waals surface area contributed by atoms with Gasteiger partial charge in [0.2, 0.25) is 0 Å². The Morgan fingerprint density at radius 2 is 2.07 bits per heavy atom. The lowest BCUT2D eigenvalue weighted by atomic mass is 9.75. The fourth-order valence-electron chi connectivity index (χ4n) is 3.56. The van der Waals surface area contributed by atoms with Crippen LogP contribution in [0.1, 0.15) is 19.8 Å². The highest BCUT2D eigenvalue weighted by Gasteiger charge is 2.48. The van der Waals surface area contributed by atoms with Gasteiger partial charge in [-0.3, -0.25) is 4.79 Å². The van der Waals surface area contributed by atoms with Gasteiger partial charge in [0, 0.05) is 19.3 Å². The highest BCUT2D eigenvalue weighted by atomic mass is 16.5. The Hall–Kier alpha value is -1.05. The number of carbonyl (C=O) groups is 1. The van der Waals surface area contributed by atoms with Crippen molar-refractivity contribution in [3.8, 4) is 0 Å². The first-order valence-corrected chi connectivity index (χ1v) is 5.78. The van der Waals surface area contributed by atoms with E-state index < -0.39 is 0 Å². The summed E-state index contributed by atoms with van der Waals surface area (Å²) in [5.41, 5.74) is 0. The molecule has 0 aromatic heterocycles. The average molecular weight is 204 g/mol. The van der Waals surface area contributed by atoms with Crippen LogP contribution in [0.3, 0.4) is 0 Å². The molecule has 1 saturated carbocycles. The number of ether oxygens (including phenoxy) is 1. The fourth-order valence-corrected chi connectivity index (χ4v) is 3.56. The summed E-state index contributed by atoms with van der Waals surface area (Å²) in [5.74, 6) is 2.39. The molecule has 0 aromatic rings. The molecule has 0 radical (unpaired) electrons. The van der Waals surface area contributed by atoms with Gasteiger partial charge in [0.15, 0.2) is 0 Å². The SMILES string of the molecule is CC(=O)OC1CC=C[C@H]2[C@@H]1[C@H]1C=C[C@@H]2C1. The number of hydrogen-bond donors (Lipinski definition) is 0. The topological polar surface area (TPSA) is 26.3 Å². The summed E-state index contributed by atoms with van der Waals surface area (Å²) in [6, 6.07) is 0. The van der Waals surface area contributed by atoms with Crippen molar-refractivity contribution in [2.24, 2.45) is 23.7 Å². The average Bonchev–Trinajstić information content (AvgIpc) is 2.77. The lowest BCUT2D eigenvalue weighted by Gasteiger charge is -2.35. The Labute approximate surface area is 90.0 Å². The van der Waals surface area contributed by atoms with Gasteiger partial charge in [0.25, 0.3) is 0 Å². The Balaban J connectivity index is 1.85. The van der Waals surface area contributed by atoms with Gasteiger partial charge >= 0.3 is 5.97 Å². The molecule has 2 heteroatoms. The number of esters is 1. The maximum absolute atomic E-state index is 11.0. The monoisotopic (exact) mass is 204 g/mol. The van der Waals surface area contributed by atoms with Crippen molar-refractivity contribution in [3.05, 3.63) is 24.3 Å². The second kappa shape index (κ2) is 3.22. The molecule has 0 heterocycles. The van der Waals surface area contributed by atoms with E-state index in [-0.39, 0.29) is 12.1 Å². The van der Waals surface area contributed by atoms with Crippen molar-refractivity contribution in [2.75, 3.05) is 0 Å². The van der Waals surface area contributed by atoms with Crippen LogP contribution in [0.5, 0.6) is 0 Å². The molecule has 3 rings (SSSR count). The van der Waals surface area contributed by atoms with E-state index in [2.05, 4.69) is 24.3 Å². The summed E-state index contributed by atoms with van der Waals surface area (Å²) >= 11 is 0. The predicted molar refractivity (Wildman–Crippen MR) is 57.0 cm³/mol. The van der Waals surface area contributed by atoms with Gasteiger partial charge in [-0.25, -0.2) is 0 Å². The van der Waals surface area contributed by atoms with Crippen molar-refractivity contribution in [2.45, 2.75) is 25.9 Å². The molecule has 0 aromatic carbocycles. The van der Waals surface area contributed by atoms with Gasteiger partial charge < -0.3 is 4.74 Å². The van der Waals surface area contributed by atoms with Crippen LogP contribution < -0.4 is 0 Å². The molecule has 0 spiro atoms. The third-order valence-electron chi connectivity index (χ3n) is 4.06. The molecule has 2 nitrogen and oxygen atoms in total. The van der Waals surface area contributed by atoms with E-state index in [1.165, 1.54) is 13.3 Å². The molecule has 3 aliphatic rings. The molecule has 2 bridgehead atoms. The quantitative estimate of drug-likeness (QED) is 0.484. The van der Waals surface area contributed by atoms with Gasteiger partial charge in [-0.2, -0.15) is 0 Å². The standard InChI is InChI=1S/C13H16O2/c1-8(14)15-12-4-2-3-11-9-5-6-10(7-9)13(11)12/h2-3,5-6,9-13H,4,7H2,1H3/t9-,10+,11-,12?,13+/m1/s1. The second-order valence-corrected chi connectivity index (χ2v) is 4.91. The van der Waals surface area contributed by atoms with E-state index in [1.54, 1.807) is 0 Å². The molecular weight excluding hydrogens is 188 g/mol. The summed E-state index contributed by atoms with van der Waals surface area (Å²) in [6.07, 6.45) is 11.5. The zero-order valence-corrected chi connectivity index (χ0v) is 8.93. The van der Waals surface area contributed by atoms with Crippen LogP contribution in [0.25, 0.3) is 0 Å². The first kappa shape index (κ1) is 9.20. The molecule has 0 aliphatic heterocycles. The Morgan fingerprint density at radius 1 is 1.27 bits per heavy atom. The van der Waals surface area contributed by atoms with E-state index in [4.69, 9.17) is 4.74 Å². The van der Waals surface area contributed by atoms with Crippen molar-refractivity contribution in [1.82, 2.24) is 0 Å². The van der Waals surface area contributed by atoms with Gasteiger partial charge in [0.1, 0.15) is 6.10 Å². The fraction of sp³-hybridized carbons (Fsp3) is 0.615. The number of carbonyl (C=O) groups excluding carboxylic acids is 1. The van der Waals surface area contributed by atoms with E-state index >= 15 is 0 Å². The van der Waals surface area contributed by atoms with Gasteiger partial charge in [-0.05, 0) is 24.2 Å². The predicted octanol–water partition coefficient (Wildman–Crippen LogP) is 2.32. The Kier molecular flexibility index (Phi) is 1.98. The summed E-state index contributed by atoms with van der Waals surface area (Å²) in [7, 11) is 0. The summed E-state index contributed by atoms with van der Waals surface area (Å²) < 4.78 is 5.43. The van der Waals surface area contributed by atoms with Gasteiger partial charge in [0.05, 0.1) is 0 Å². The lowest BCUT2D eigenvalue weighted by molar-refractivity contribution is -0.150. The van der Waals surface area contributed by atoms with Crippen LogP contribution in [-0.4, -0.2) is 12.1 Å². The minimum atomic E-state index is -0.138.